The first-order valence-corrected chi connectivity index (χ1v) is 10.2. The van der Waals surface area contributed by atoms with Gasteiger partial charge in [0, 0.05) is 28.2 Å². The van der Waals surface area contributed by atoms with Crippen molar-refractivity contribution in [3.8, 4) is 5.75 Å². The third kappa shape index (κ3) is 3.04. The molecule has 1 aliphatic heterocycles. The van der Waals surface area contributed by atoms with Crippen LogP contribution in [0, 0.1) is 0 Å². The smallest absolute Gasteiger partial charge is 0.285 e. The van der Waals surface area contributed by atoms with Gasteiger partial charge in [-0.25, -0.2) is 0 Å². The summed E-state index contributed by atoms with van der Waals surface area (Å²) < 4.78 is 10.8. The lowest BCUT2D eigenvalue weighted by molar-refractivity contribution is -0.194. The second-order valence-electron chi connectivity index (χ2n) is 4.57. The molecule has 0 spiro atoms. The Bertz CT molecular complexity index is 502. The predicted octanol–water partition coefficient (Wildman–Crippen LogP) is 0.776. The van der Waals surface area contributed by atoms with Gasteiger partial charge < -0.3 is 9.42 Å². The van der Waals surface area contributed by atoms with E-state index in [2.05, 4.69) is 10.4 Å². The fourth-order valence-electron chi connectivity index (χ4n) is 1.65. The number of nitrogens with one attached hydrogen (secondary N) is 2. The van der Waals surface area contributed by atoms with E-state index in [1.54, 1.807) is 42.4 Å². The Morgan fingerprint density at radius 1 is 1.20 bits per heavy atom. The van der Waals surface area contributed by atoms with Crippen LogP contribution in [0.15, 0.2) is 30.3 Å². The van der Waals surface area contributed by atoms with Crippen LogP contribution < -0.4 is 19.8 Å². The monoisotopic (exact) mass is 335 g/mol. The Labute approximate surface area is 125 Å². The fraction of sp³-hybridized carbons (Fsp3) is 0.400. The van der Waals surface area contributed by atoms with Gasteiger partial charge in [0.2, 0.25) is 7.94 Å². The van der Waals surface area contributed by atoms with Gasteiger partial charge in [-0.2, -0.15) is 4.67 Å². The van der Waals surface area contributed by atoms with Crippen LogP contribution in [0.4, 0.5) is 0 Å². The Balaban J connectivity index is 2.23. The molecule has 0 bridgehead atoms. The number of benzene rings is 1. The van der Waals surface area contributed by atoms with Gasteiger partial charge in [0.1, 0.15) is 5.75 Å². The number of hydrazine groups is 2. The highest BCUT2D eigenvalue weighted by Gasteiger charge is 2.48. The lowest BCUT2D eigenvalue weighted by Crippen LogP contribution is -2.59. The second-order valence-corrected chi connectivity index (χ2v) is 10.7. The van der Waals surface area contributed by atoms with Crippen molar-refractivity contribution in [3.05, 3.63) is 30.3 Å². The van der Waals surface area contributed by atoms with Crippen LogP contribution >= 0.6 is 14.5 Å². The van der Waals surface area contributed by atoms with Crippen molar-refractivity contribution >= 4 is 26.3 Å². The Hall–Kier alpha value is -0.140. The molecule has 2 N–H and O–H groups in total. The highest BCUT2D eigenvalue weighted by molar-refractivity contribution is 8.10. The molecule has 1 heterocycles. The average Bonchev–Trinajstić information content (AvgIpc) is 2.37. The minimum atomic E-state index is -2.92. The summed E-state index contributed by atoms with van der Waals surface area (Å²) in [6.07, 6.45) is 0. The van der Waals surface area contributed by atoms with Gasteiger partial charge >= 0.3 is 0 Å². The summed E-state index contributed by atoms with van der Waals surface area (Å²) in [5, 5.41) is 5.83. The molecule has 0 atom stereocenters. The molecule has 0 unspecified atom stereocenters. The quantitative estimate of drug-likeness (QED) is 0.786. The van der Waals surface area contributed by atoms with Crippen LogP contribution in [0.1, 0.15) is 0 Å². The molecule has 0 saturated carbocycles. The number of para-hydroxylation sites is 1. The summed E-state index contributed by atoms with van der Waals surface area (Å²) in [7, 11) is 4.04. The summed E-state index contributed by atoms with van der Waals surface area (Å²) in [5.41, 5.74) is 0. The van der Waals surface area contributed by atoms with Crippen molar-refractivity contribution in [1.29, 1.82) is 0 Å². The molecular weight excluding hydrogens is 316 g/mol. The molecule has 1 aromatic carbocycles. The Morgan fingerprint density at radius 2 is 1.70 bits per heavy atom. The SMILES string of the molecule is CN1N[P+]([O-])(N(C)C)NN(C)P1(=S)Oc1ccccc1. The van der Waals surface area contributed by atoms with E-state index in [0.29, 0.717) is 5.75 Å². The third-order valence-electron chi connectivity index (χ3n) is 2.85. The molecule has 0 aromatic heterocycles. The van der Waals surface area contributed by atoms with E-state index in [1.807, 2.05) is 30.3 Å². The molecule has 0 aliphatic carbocycles. The van der Waals surface area contributed by atoms with Gasteiger partial charge in [-0.05, 0) is 23.9 Å². The zero-order valence-electron chi connectivity index (χ0n) is 11.8. The van der Waals surface area contributed by atoms with Crippen LogP contribution in [0.2, 0.25) is 0 Å². The van der Waals surface area contributed by atoms with E-state index in [-0.39, 0.29) is 0 Å². The van der Waals surface area contributed by atoms with Crippen LogP contribution in [0.25, 0.3) is 0 Å². The van der Waals surface area contributed by atoms with Crippen LogP contribution in [-0.2, 0) is 11.8 Å². The molecule has 1 fully saturated rings. The zero-order valence-corrected chi connectivity index (χ0v) is 14.5. The van der Waals surface area contributed by atoms with E-state index in [0.717, 1.165) is 0 Å². The van der Waals surface area contributed by atoms with Gasteiger partial charge in [0.25, 0.3) is 6.57 Å². The van der Waals surface area contributed by atoms with Crippen LogP contribution in [0.5, 0.6) is 5.75 Å². The van der Waals surface area contributed by atoms with Crippen molar-refractivity contribution in [2.75, 3.05) is 28.2 Å². The first-order chi connectivity index (χ1) is 9.28. The summed E-state index contributed by atoms with van der Waals surface area (Å²) >= 11 is 5.65. The third-order valence-corrected chi connectivity index (χ3v) is 9.29. The summed E-state index contributed by atoms with van der Waals surface area (Å²) in [6.45, 7) is -2.56. The minimum Gasteiger partial charge on any atom is -0.634 e. The van der Waals surface area contributed by atoms with Crippen LogP contribution in [0.3, 0.4) is 0 Å². The van der Waals surface area contributed by atoms with E-state index >= 15 is 0 Å². The average molecular weight is 335 g/mol. The van der Waals surface area contributed by atoms with E-state index in [4.69, 9.17) is 16.3 Å². The van der Waals surface area contributed by atoms with Crippen molar-refractivity contribution in [1.82, 2.24) is 24.6 Å². The van der Waals surface area contributed by atoms with Gasteiger partial charge in [0.15, 0.2) is 0 Å². The molecule has 1 saturated heterocycles. The second kappa shape index (κ2) is 5.93. The first kappa shape index (κ1) is 16.2. The molecule has 10 heteroatoms. The Kier molecular flexibility index (Phi) is 4.81. The van der Waals surface area contributed by atoms with E-state index in [9.17, 15) is 4.89 Å². The number of hydrogen-bond acceptors (Lipinski definition) is 6. The van der Waals surface area contributed by atoms with E-state index in [1.165, 1.54) is 0 Å². The van der Waals surface area contributed by atoms with Crippen molar-refractivity contribution < 1.29 is 9.42 Å². The lowest BCUT2D eigenvalue weighted by Gasteiger charge is -2.49. The zero-order chi connectivity index (χ0) is 15.0. The largest absolute Gasteiger partial charge is 0.634 e. The van der Waals surface area contributed by atoms with E-state index < -0.39 is 14.5 Å². The van der Waals surface area contributed by atoms with Crippen molar-refractivity contribution in [2.45, 2.75) is 0 Å². The van der Waals surface area contributed by atoms with Gasteiger partial charge in [-0.1, -0.05) is 28.6 Å². The van der Waals surface area contributed by atoms with Gasteiger partial charge in [-0.15, -0.1) is 9.56 Å². The van der Waals surface area contributed by atoms with Crippen LogP contribution in [-0.4, -0.2) is 42.4 Å². The maximum absolute atomic E-state index is 12.6. The molecule has 2 rings (SSSR count). The molecular formula is C10H19N5O2P2S. The summed E-state index contributed by atoms with van der Waals surface area (Å²) in [6, 6.07) is 9.36. The molecule has 20 heavy (non-hydrogen) atoms. The summed E-state index contributed by atoms with van der Waals surface area (Å²) in [4.78, 5) is 12.6. The minimum absolute atomic E-state index is 0.680. The van der Waals surface area contributed by atoms with Gasteiger partial charge in [0.05, 0.1) is 0 Å². The molecule has 112 valence electrons. The highest BCUT2D eigenvalue weighted by atomic mass is 32.5. The maximum atomic E-state index is 12.6. The number of nitrogens with zero attached hydrogens (tertiary/aromatic N) is 3. The molecule has 1 aliphatic rings. The molecule has 1 aromatic rings. The topological polar surface area (TPSA) is 66.1 Å². The van der Waals surface area contributed by atoms with Crippen molar-refractivity contribution in [3.63, 3.8) is 0 Å². The molecule has 0 radical (unpaired) electrons. The summed E-state index contributed by atoms with van der Waals surface area (Å²) in [5.74, 6) is 0.680. The highest BCUT2D eigenvalue weighted by Crippen LogP contribution is 2.60. The molecule has 7 nitrogen and oxygen atoms in total. The standard InChI is InChI=1S/C10H19N5O2P2S/c1-13(2)18(16)11-14(3)19(20,15(4)12-18)17-10-8-6-5-7-9-10/h5-9H,1-4H3,(H2,11,12,16). The lowest BCUT2D eigenvalue weighted by atomic mass is 10.3. The fourth-order valence-corrected chi connectivity index (χ4v) is 6.43. The Morgan fingerprint density at radius 3 is 2.15 bits per heavy atom. The maximum Gasteiger partial charge on any atom is 0.285 e. The van der Waals surface area contributed by atoms with Gasteiger partial charge in [-0.3, -0.25) is 0 Å². The predicted molar refractivity (Wildman–Crippen MR) is 83.8 cm³/mol. The normalized spacial score (nSPS) is 32.5. The van der Waals surface area contributed by atoms with Crippen molar-refractivity contribution in [2.24, 2.45) is 0 Å². The molecule has 0 amide bonds. The number of hydrogen-bond donors (Lipinski definition) is 2. The first-order valence-electron chi connectivity index (χ1n) is 5.95. The number of rotatable bonds is 3.